The van der Waals surface area contributed by atoms with Gasteiger partial charge in [-0.15, -0.1) is 11.3 Å². The van der Waals surface area contributed by atoms with E-state index in [4.69, 9.17) is 4.74 Å². The van der Waals surface area contributed by atoms with E-state index in [0.717, 1.165) is 47.6 Å². The van der Waals surface area contributed by atoms with Crippen LogP contribution in [0.5, 0.6) is 5.75 Å². The number of carbonyl (C=O) groups is 2. The zero-order chi connectivity index (χ0) is 21.7. The maximum atomic E-state index is 12.7. The second-order valence-electron chi connectivity index (χ2n) is 8.37. The Balaban J connectivity index is 1.57. The second kappa shape index (κ2) is 10.1. The average Bonchev–Trinajstić information content (AvgIpc) is 3.16. The first-order valence-electron chi connectivity index (χ1n) is 10.6. The van der Waals surface area contributed by atoms with E-state index in [-0.39, 0.29) is 29.8 Å². The number of nitrogens with one attached hydrogen (secondary N) is 2. The molecule has 1 aliphatic carbocycles. The van der Waals surface area contributed by atoms with Crippen molar-refractivity contribution >= 4 is 23.2 Å². The van der Waals surface area contributed by atoms with E-state index in [1.807, 2.05) is 39.8 Å². The number of nitrogens with zero attached hydrogens (tertiary/aromatic N) is 1. The first kappa shape index (κ1) is 22.3. The molecule has 6 nitrogen and oxygen atoms in total. The third-order valence-electron chi connectivity index (χ3n) is 5.28. The Bertz CT molecular complexity index is 873. The number of hydrogen-bond acceptors (Lipinski definition) is 5. The van der Waals surface area contributed by atoms with Crippen LogP contribution >= 0.6 is 11.3 Å². The predicted molar refractivity (Wildman–Crippen MR) is 119 cm³/mol. The lowest BCUT2D eigenvalue weighted by atomic mass is 9.89. The Morgan fingerprint density at radius 3 is 2.37 bits per heavy atom. The molecule has 1 fully saturated rings. The molecule has 0 radical (unpaired) electrons. The Kier molecular flexibility index (Phi) is 7.48. The second-order valence-corrected chi connectivity index (χ2v) is 9.32. The van der Waals surface area contributed by atoms with Gasteiger partial charge in [-0.25, -0.2) is 4.98 Å². The van der Waals surface area contributed by atoms with Crippen LogP contribution in [-0.4, -0.2) is 28.9 Å². The van der Waals surface area contributed by atoms with Crippen LogP contribution in [0, 0.1) is 19.8 Å². The summed E-state index contributed by atoms with van der Waals surface area (Å²) in [7, 11) is 0. The van der Waals surface area contributed by atoms with Crippen LogP contribution in [0.4, 0.5) is 0 Å². The molecule has 0 aliphatic heterocycles. The molecular weight excluding hydrogens is 398 g/mol. The fraction of sp³-hybridized carbons (Fsp3) is 0.522. The monoisotopic (exact) mass is 429 g/mol. The molecule has 162 valence electrons. The van der Waals surface area contributed by atoms with Crippen LogP contribution in [-0.2, 0) is 11.4 Å². The molecule has 30 heavy (non-hydrogen) atoms. The van der Waals surface area contributed by atoms with Crippen LogP contribution < -0.4 is 15.4 Å². The van der Waals surface area contributed by atoms with Crippen molar-refractivity contribution in [2.24, 2.45) is 5.92 Å². The summed E-state index contributed by atoms with van der Waals surface area (Å²) in [6, 6.07) is 5.99. The summed E-state index contributed by atoms with van der Waals surface area (Å²) in [5, 5.41) is 8.69. The van der Waals surface area contributed by atoms with Crippen LogP contribution in [0.2, 0.25) is 0 Å². The van der Waals surface area contributed by atoms with E-state index >= 15 is 0 Å². The number of aryl methyl sites for hydroxylation is 2. The predicted octanol–water partition coefficient (Wildman–Crippen LogP) is 4.15. The molecule has 1 saturated carbocycles. The number of hydrogen-bond donors (Lipinski definition) is 2. The number of rotatable bonds is 7. The van der Waals surface area contributed by atoms with Crippen LogP contribution in [0.3, 0.4) is 0 Å². The molecule has 0 saturated heterocycles. The molecule has 2 aromatic rings. The zero-order valence-electron chi connectivity index (χ0n) is 18.2. The van der Waals surface area contributed by atoms with Crippen molar-refractivity contribution < 1.29 is 14.3 Å². The number of amides is 2. The SMILES string of the molecule is Cc1cc(C)cc(OCc2nc(C(=O)N[C@H]3CCCC[C@@H]3NC(=O)C(C)C)cs2)c1. The van der Waals surface area contributed by atoms with Crippen molar-refractivity contribution in [2.75, 3.05) is 0 Å². The lowest BCUT2D eigenvalue weighted by Gasteiger charge is -2.33. The van der Waals surface area contributed by atoms with Gasteiger partial charge in [0.1, 0.15) is 23.1 Å². The highest BCUT2D eigenvalue weighted by atomic mass is 32.1. The number of benzene rings is 1. The summed E-state index contributed by atoms with van der Waals surface area (Å²) in [6.07, 6.45) is 3.86. The molecule has 7 heteroatoms. The van der Waals surface area contributed by atoms with Crippen molar-refractivity contribution in [2.45, 2.75) is 72.1 Å². The summed E-state index contributed by atoms with van der Waals surface area (Å²) >= 11 is 1.42. The Morgan fingerprint density at radius 2 is 1.73 bits per heavy atom. The van der Waals surface area contributed by atoms with Crippen LogP contribution in [0.15, 0.2) is 23.6 Å². The van der Waals surface area contributed by atoms with E-state index < -0.39 is 0 Å². The van der Waals surface area contributed by atoms with Gasteiger partial charge in [-0.2, -0.15) is 0 Å². The van der Waals surface area contributed by atoms with E-state index in [2.05, 4.69) is 21.7 Å². The molecule has 2 atom stereocenters. The highest BCUT2D eigenvalue weighted by Gasteiger charge is 2.29. The van der Waals surface area contributed by atoms with Gasteiger partial charge in [0, 0.05) is 23.4 Å². The zero-order valence-corrected chi connectivity index (χ0v) is 19.0. The lowest BCUT2D eigenvalue weighted by Crippen LogP contribution is -2.53. The minimum atomic E-state index is -0.195. The summed E-state index contributed by atoms with van der Waals surface area (Å²) in [4.78, 5) is 29.3. The Hall–Kier alpha value is -2.41. The quantitative estimate of drug-likeness (QED) is 0.693. The first-order valence-corrected chi connectivity index (χ1v) is 11.5. The third kappa shape index (κ3) is 6.05. The average molecular weight is 430 g/mol. The fourth-order valence-corrected chi connectivity index (χ4v) is 4.40. The molecule has 0 unspecified atom stereocenters. The molecular formula is C23H31N3O3S. The minimum Gasteiger partial charge on any atom is -0.486 e. The maximum absolute atomic E-state index is 12.7. The van der Waals surface area contributed by atoms with Gasteiger partial charge in [0.05, 0.1) is 0 Å². The standard InChI is InChI=1S/C23H31N3O3S/c1-14(2)22(27)25-18-7-5-6-8-19(18)26-23(28)20-13-30-21(24-20)12-29-17-10-15(3)9-16(4)11-17/h9-11,13-14,18-19H,5-8,12H2,1-4H3,(H,25,27)(H,26,28)/t18-,19-/m0/s1. The van der Waals surface area contributed by atoms with E-state index in [9.17, 15) is 9.59 Å². The molecule has 2 N–H and O–H groups in total. The topological polar surface area (TPSA) is 80.3 Å². The van der Waals surface area contributed by atoms with Gasteiger partial charge in [0.25, 0.3) is 5.91 Å². The van der Waals surface area contributed by atoms with Gasteiger partial charge >= 0.3 is 0 Å². The molecule has 1 aromatic carbocycles. The molecule has 1 aliphatic rings. The first-order chi connectivity index (χ1) is 14.3. The minimum absolute atomic E-state index is 0.0244. The van der Waals surface area contributed by atoms with Gasteiger partial charge in [-0.3, -0.25) is 9.59 Å². The summed E-state index contributed by atoms with van der Waals surface area (Å²) in [5.74, 6) is 0.571. The van der Waals surface area contributed by atoms with Gasteiger partial charge in [-0.1, -0.05) is 32.8 Å². The van der Waals surface area contributed by atoms with Crippen LogP contribution in [0.25, 0.3) is 0 Å². The summed E-state index contributed by atoms with van der Waals surface area (Å²) < 4.78 is 5.85. The molecule has 2 amide bonds. The number of carbonyl (C=O) groups excluding carboxylic acids is 2. The largest absolute Gasteiger partial charge is 0.486 e. The fourth-order valence-electron chi connectivity index (χ4n) is 3.71. The summed E-state index contributed by atoms with van der Waals surface area (Å²) in [6.45, 7) is 8.16. The van der Waals surface area contributed by atoms with Gasteiger partial charge in [0.15, 0.2) is 0 Å². The van der Waals surface area contributed by atoms with E-state index in [1.54, 1.807) is 5.38 Å². The number of thiazole rings is 1. The highest BCUT2D eigenvalue weighted by molar-refractivity contribution is 7.09. The van der Waals surface area contributed by atoms with Crippen molar-refractivity contribution in [3.8, 4) is 5.75 Å². The van der Waals surface area contributed by atoms with E-state index in [1.165, 1.54) is 11.3 Å². The highest BCUT2D eigenvalue weighted by Crippen LogP contribution is 2.21. The number of aromatic nitrogens is 1. The third-order valence-corrected chi connectivity index (χ3v) is 6.10. The molecule has 3 rings (SSSR count). The Morgan fingerprint density at radius 1 is 1.10 bits per heavy atom. The molecule has 1 heterocycles. The van der Waals surface area contributed by atoms with Gasteiger partial charge < -0.3 is 15.4 Å². The van der Waals surface area contributed by atoms with Crippen molar-refractivity contribution in [3.05, 3.63) is 45.4 Å². The molecule has 1 aromatic heterocycles. The van der Waals surface area contributed by atoms with E-state index in [0.29, 0.717) is 12.3 Å². The lowest BCUT2D eigenvalue weighted by molar-refractivity contribution is -0.125. The smallest absolute Gasteiger partial charge is 0.271 e. The van der Waals surface area contributed by atoms with Gasteiger partial charge in [-0.05, 0) is 49.9 Å². The Labute approximate surface area is 182 Å². The van der Waals surface area contributed by atoms with Crippen molar-refractivity contribution in [1.82, 2.24) is 15.6 Å². The number of ether oxygens (including phenoxy) is 1. The van der Waals surface area contributed by atoms with Gasteiger partial charge in [0.2, 0.25) is 5.91 Å². The van der Waals surface area contributed by atoms with Crippen molar-refractivity contribution in [3.63, 3.8) is 0 Å². The molecule has 0 bridgehead atoms. The van der Waals surface area contributed by atoms with Crippen molar-refractivity contribution in [1.29, 1.82) is 0 Å². The van der Waals surface area contributed by atoms with Crippen LogP contribution in [0.1, 0.15) is 66.2 Å². The summed E-state index contributed by atoms with van der Waals surface area (Å²) in [5.41, 5.74) is 2.70. The normalized spacial score (nSPS) is 18.8. The maximum Gasteiger partial charge on any atom is 0.271 e. The molecule has 0 spiro atoms.